The lowest BCUT2D eigenvalue weighted by atomic mass is 9.76. The molecule has 3 heteroatoms. The van der Waals surface area contributed by atoms with Crippen molar-refractivity contribution in [2.75, 3.05) is 13.2 Å². The van der Waals surface area contributed by atoms with Crippen molar-refractivity contribution in [3.63, 3.8) is 0 Å². The molecule has 1 unspecified atom stereocenters. The van der Waals surface area contributed by atoms with Crippen LogP contribution in [0.4, 0.5) is 0 Å². The van der Waals surface area contributed by atoms with Crippen molar-refractivity contribution in [2.24, 2.45) is 5.41 Å². The summed E-state index contributed by atoms with van der Waals surface area (Å²) >= 11 is 0. The van der Waals surface area contributed by atoms with E-state index in [4.69, 9.17) is 10.00 Å². The molecule has 1 rings (SSSR count). The SMILES string of the molecule is CCNC(C#N)CCOC1CCC(C)(C)CC1. The van der Waals surface area contributed by atoms with E-state index in [1.807, 2.05) is 6.92 Å². The minimum atomic E-state index is -0.0555. The fourth-order valence-electron chi connectivity index (χ4n) is 2.35. The lowest BCUT2D eigenvalue weighted by molar-refractivity contribution is 0.00206. The van der Waals surface area contributed by atoms with E-state index in [1.54, 1.807) is 0 Å². The van der Waals surface area contributed by atoms with E-state index in [9.17, 15) is 0 Å². The van der Waals surface area contributed by atoms with Crippen molar-refractivity contribution >= 4 is 0 Å². The van der Waals surface area contributed by atoms with Gasteiger partial charge in [-0.15, -0.1) is 0 Å². The Bertz CT molecular complexity index is 247. The molecule has 0 saturated heterocycles. The first-order valence-corrected chi connectivity index (χ1v) is 6.82. The second-order valence-electron chi connectivity index (χ2n) is 5.76. The molecule has 1 aliphatic rings. The number of nitrogens with zero attached hydrogens (tertiary/aromatic N) is 1. The van der Waals surface area contributed by atoms with Gasteiger partial charge in [0.2, 0.25) is 0 Å². The topological polar surface area (TPSA) is 45.0 Å². The smallest absolute Gasteiger partial charge is 0.0974 e. The molecule has 0 spiro atoms. The normalized spacial score (nSPS) is 22.0. The Kier molecular flexibility index (Phi) is 5.94. The predicted molar refractivity (Wildman–Crippen MR) is 69.7 cm³/mol. The van der Waals surface area contributed by atoms with E-state index in [-0.39, 0.29) is 6.04 Å². The number of nitriles is 1. The lowest BCUT2D eigenvalue weighted by Crippen LogP contribution is -2.31. The van der Waals surface area contributed by atoms with Gasteiger partial charge < -0.3 is 10.1 Å². The summed E-state index contributed by atoms with van der Waals surface area (Å²) in [6.45, 7) is 8.24. The van der Waals surface area contributed by atoms with Gasteiger partial charge in [0.05, 0.1) is 18.2 Å². The molecule has 17 heavy (non-hydrogen) atoms. The first-order chi connectivity index (χ1) is 8.07. The molecule has 98 valence electrons. The lowest BCUT2D eigenvalue weighted by Gasteiger charge is -2.34. The van der Waals surface area contributed by atoms with Crippen molar-refractivity contribution in [3.8, 4) is 6.07 Å². The highest BCUT2D eigenvalue weighted by Crippen LogP contribution is 2.36. The van der Waals surface area contributed by atoms with Crippen LogP contribution in [0.5, 0.6) is 0 Å². The van der Waals surface area contributed by atoms with E-state index in [0.717, 1.165) is 13.0 Å². The van der Waals surface area contributed by atoms with Crippen LogP contribution < -0.4 is 5.32 Å². The van der Waals surface area contributed by atoms with Crippen LogP contribution in [0.25, 0.3) is 0 Å². The monoisotopic (exact) mass is 238 g/mol. The largest absolute Gasteiger partial charge is 0.378 e. The van der Waals surface area contributed by atoms with Crippen molar-refractivity contribution in [1.82, 2.24) is 5.32 Å². The number of ether oxygens (including phenoxy) is 1. The van der Waals surface area contributed by atoms with Crippen molar-refractivity contribution < 1.29 is 4.74 Å². The van der Waals surface area contributed by atoms with Crippen LogP contribution in [0.2, 0.25) is 0 Å². The highest BCUT2D eigenvalue weighted by atomic mass is 16.5. The Hall–Kier alpha value is -0.590. The molecule has 1 fully saturated rings. The summed E-state index contributed by atoms with van der Waals surface area (Å²) in [5, 5.41) is 12.0. The molecule has 0 heterocycles. The fourth-order valence-corrected chi connectivity index (χ4v) is 2.35. The maximum absolute atomic E-state index is 8.89. The van der Waals surface area contributed by atoms with Gasteiger partial charge in [-0.05, 0) is 44.1 Å². The van der Waals surface area contributed by atoms with Gasteiger partial charge >= 0.3 is 0 Å². The first kappa shape index (κ1) is 14.5. The highest BCUT2D eigenvalue weighted by Gasteiger charge is 2.27. The summed E-state index contributed by atoms with van der Waals surface area (Å²) in [6.07, 6.45) is 6.07. The minimum absolute atomic E-state index is 0.0555. The summed E-state index contributed by atoms with van der Waals surface area (Å²) in [4.78, 5) is 0. The fraction of sp³-hybridized carbons (Fsp3) is 0.929. The first-order valence-electron chi connectivity index (χ1n) is 6.82. The summed E-state index contributed by atoms with van der Waals surface area (Å²) < 4.78 is 5.86. The zero-order chi connectivity index (χ0) is 12.7. The molecular formula is C14H26N2O. The standard InChI is InChI=1S/C14H26N2O/c1-4-16-12(11-15)7-10-17-13-5-8-14(2,3)9-6-13/h12-13,16H,4-10H2,1-3H3. The third kappa shape index (κ3) is 5.52. The van der Waals surface area contributed by atoms with Gasteiger partial charge in [-0.2, -0.15) is 5.26 Å². The molecule has 0 aromatic carbocycles. The molecule has 0 aliphatic heterocycles. The Labute approximate surface area is 106 Å². The second kappa shape index (κ2) is 6.98. The molecule has 1 atom stereocenters. The van der Waals surface area contributed by atoms with E-state index in [2.05, 4.69) is 25.2 Å². The zero-order valence-corrected chi connectivity index (χ0v) is 11.5. The van der Waals surface area contributed by atoms with Gasteiger partial charge in [-0.3, -0.25) is 0 Å². The van der Waals surface area contributed by atoms with Gasteiger partial charge in [0.25, 0.3) is 0 Å². The van der Waals surface area contributed by atoms with Crippen LogP contribution >= 0.6 is 0 Å². The second-order valence-corrected chi connectivity index (χ2v) is 5.76. The van der Waals surface area contributed by atoms with Gasteiger partial charge in [0.15, 0.2) is 0 Å². The molecule has 0 radical (unpaired) electrons. The zero-order valence-electron chi connectivity index (χ0n) is 11.5. The molecule has 1 N–H and O–H groups in total. The third-order valence-electron chi connectivity index (χ3n) is 3.65. The highest BCUT2D eigenvalue weighted by molar-refractivity contribution is 4.89. The molecule has 3 nitrogen and oxygen atoms in total. The number of nitrogens with one attached hydrogen (secondary N) is 1. The van der Waals surface area contributed by atoms with Crippen LogP contribution in [0, 0.1) is 16.7 Å². The van der Waals surface area contributed by atoms with Crippen molar-refractivity contribution in [2.45, 2.75) is 65.0 Å². The Balaban J connectivity index is 2.13. The van der Waals surface area contributed by atoms with Crippen LogP contribution in [0.3, 0.4) is 0 Å². The third-order valence-corrected chi connectivity index (χ3v) is 3.65. The maximum atomic E-state index is 8.89. The summed E-state index contributed by atoms with van der Waals surface area (Å²) in [5.74, 6) is 0. The van der Waals surface area contributed by atoms with Crippen LogP contribution in [0.1, 0.15) is 52.9 Å². The van der Waals surface area contributed by atoms with Gasteiger partial charge in [-0.25, -0.2) is 0 Å². The Morgan fingerprint density at radius 3 is 2.59 bits per heavy atom. The van der Waals surface area contributed by atoms with E-state index in [1.165, 1.54) is 25.7 Å². The van der Waals surface area contributed by atoms with Crippen molar-refractivity contribution in [3.05, 3.63) is 0 Å². The molecule has 0 amide bonds. The van der Waals surface area contributed by atoms with Gasteiger partial charge in [-0.1, -0.05) is 20.8 Å². The van der Waals surface area contributed by atoms with Crippen molar-refractivity contribution in [1.29, 1.82) is 5.26 Å². The van der Waals surface area contributed by atoms with Crippen LogP contribution in [0.15, 0.2) is 0 Å². The van der Waals surface area contributed by atoms with E-state index >= 15 is 0 Å². The molecule has 0 bridgehead atoms. The molecule has 0 aromatic rings. The quantitative estimate of drug-likeness (QED) is 0.774. The maximum Gasteiger partial charge on any atom is 0.0974 e. The molecule has 1 aliphatic carbocycles. The number of hydrogen-bond acceptors (Lipinski definition) is 3. The van der Waals surface area contributed by atoms with Crippen LogP contribution in [-0.2, 0) is 4.74 Å². The Morgan fingerprint density at radius 2 is 2.06 bits per heavy atom. The number of rotatable bonds is 6. The predicted octanol–water partition coefficient (Wildman–Crippen LogP) is 2.86. The minimum Gasteiger partial charge on any atom is -0.378 e. The molecule has 1 saturated carbocycles. The van der Waals surface area contributed by atoms with E-state index < -0.39 is 0 Å². The van der Waals surface area contributed by atoms with Gasteiger partial charge in [0, 0.05) is 6.61 Å². The van der Waals surface area contributed by atoms with Gasteiger partial charge in [0.1, 0.15) is 0 Å². The van der Waals surface area contributed by atoms with Crippen LogP contribution in [-0.4, -0.2) is 25.3 Å². The summed E-state index contributed by atoms with van der Waals surface area (Å²) in [5.41, 5.74) is 0.499. The molecule has 0 aromatic heterocycles. The van der Waals surface area contributed by atoms with E-state index in [0.29, 0.717) is 18.1 Å². The number of hydrogen-bond donors (Lipinski definition) is 1. The summed E-state index contributed by atoms with van der Waals surface area (Å²) in [7, 11) is 0. The summed E-state index contributed by atoms with van der Waals surface area (Å²) in [6, 6.07) is 2.21. The molecular weight excluding hydrogens is 212 g/mol. The Morgan fingerprint density at radius 1 is 1.41 bits per heavy atom. The average Bonchev–Trinajstić information content (AvgIpc) is 2.30. The average molecular weight is 238 g/mol.